The first-order chi connectivity index (χ1) is 9.60. The van der Waals surface area contributed by atoms with Crippen LogP contribution >= 0.6 is 0 Å². The molecule has 2 unspecified atom stereocenters. The smallest absolute Gasteiger partial charge is 0.109 e. The van der Waals surface area contributed by atoms with Gasteiger partial charge in [-0.05, 0) is 40.0 Å². The zero-order chi connectivity index (χ0) is 15.4. The molecule has 0 aliphatic carbocycles. The molecule has 0 amide bonds. The highest BCUT2D eigenvalue weighted by atomic mass is 16.5. The van der Waals surface area contributed by atoms with Gasteiger partial charge in [0.25, 0.3) is 0 Å². The Morgan fingerprint density at radius 1 is 0.700 bits per heavy atom. The zero-order valence-corrected chi connectivity index (χ0v) is 14.1. The van der Waals surface area contributed by atoms with Gasteiger partial charge in [-0.3, -0.25) is 9.80 Å². The summed E-state index contributed by atoms with van der Waals surface area (Å²) in [6.07, 6.45) is 0.240. The Bertz CT molecular complexity index is 252. The summed E-state index contributed by atoms with van der Waals surface area (Å²) in [5.74, 6) is 6.01. The summed E-state index contributed by atoms with van der Waals surface area (Å²) >= 11 is 0. The molecule has 0 aromatic heterocycles. The molecule has 0 aliphatic rings. The van der Waals surface area contributed by atoms with E-state index in [2.05, 4.69) is 63.2 Å². The molecule has 0 bridgehead atoms. The summed E-state index contributed by atoms with van der Waals surface area (Å²) in [5.41, 5.74) is 0. The molecule has 0 fully saturated rings. The van der Waals surface area contributed by atoms with Crippen molar-refractivity contribution < 1.29 is 9.47 Å². The van der Waals surface area contributed by atoms with Crippen LogP contribution in [0.25, 0.3) is 0 Å². The van der Waals surface area contributed by atoms with E-state index >= 15 is 0 Å². The van der Waals surface area contributed by atoms with E-state index in [1.165, 1.54) is 0 Å². The lowest BCUT2D eigenvalue weighted by molar-refractivity contribution is -0.0305. The van der Waals surface area contributed by atoms with Crippen LogP contribution in [0.2, 0.25) is 0 Å². The van der Waals surface area contributed by atoms with Crippen LogP contribution in [0.4, 0.5) is 0 Å². The Labute approximate surface area is 125 Å². The van der Waals surface area contributed by atoms with Crippen LogP contribution in [0.3, 0.4) is 0 Å². The molecule has 0 N–H and O–H groups in total. The van der Waals surface area contributed by atoms with Crippen molar-refractivity contribution in [3.05, 3.63) is 0 Å². The molecule has 118 valence electrons. The number of nitrogens with zero attached hydrogens (tertiary/aromatic N) is 2. The molecule has 0 saturated heterocycles. The predicted molar refractivity (Wildman–Crippen MR) is 84.4 cm³/mol. The van der Waals surface area contributed by atoms with E-state index in [1.807, 2.05) is 0 Å². The van der Waals surface area contributed by atoms with Gasteiger partial charge in [0.05, 0.1) is 0 Å². The van der Waals surface area contributed by atoms with Gasteiger partial charge in [-0.15, -0.1) is 0 Å². The van der Waals surface area contributed by atoms with E-state index in [0.717, 1.165) is 26.2 Å². The number of ether oxygens (including phenoxy) is 2. The summed E-state index contributed by atoms with van der Waals surface area (Å²) in [4.78, 5) is 4.50. The minimum atomic E-state index is 0.120. The van der Waals surface area contributed by atoms with Gasteiger partial charge < -0.3 is 9.47 Å². The molecule has 20 heavy (non-hydrogen) atoms. The minimum absolute atomic E-state index is 0.120. The van der Waals surface area contributed by atoms with Crippen molar-refractivity contribution in [3.63, 3.8) is 0 Å². The van der Waals surface area contributed by atoms with Crippen molar-refractivity contribution in [1.29, 1.82) is 0 Å². The Hall–Kier alpha value is -0.600. The Balaban J connectivity index is 3.83. The van der Waals surface area contributed by atoms with Gasteiger partial charge >= 0.3 is 0 Å². The minimum Gasteiger partial charge on any atom is -0.351 e. The fourth-order valence-corrected chi connectivity index (χ4v) is 2.11. The summed E-state index contributed by atoms with van der Waals surface area (Å²) in [7, 11) is 0. The first kappa shape index (κ1) is 19.4. The highest BCUT2D eigenvalue weighted by Crippen LogP contribution is 2.00. The molecule has 0 spiro atoms. The van der Waals surface area contributed by atoms with E-state index < -0.39 is 0 Å². The normalized spacial score (nSPS) is 14.2. The third kappa shape index (κ3) is 7.86. The number of hydrogen-bond donors (Lipinski definition) is 0. The lowest BCUT2D eigenvalue weighted by Crippen LogP contribution is -2.35. The molecule has 4 nitrogen and oxygen atoms in total. The maximum Gasteiger partial charge on any atom is 0.109 e. The fraction of sp³-hybridized carbons (Fsp3) is 0.875. The van der Waals surface area contributed by atoms with E-state index in [0.29, 0.717) is 13.2 Å². The molecule has 0 aromatic rings. The van der Waals surface area contributed by atoms with Crippen LogP contribution in [0.15, 0.2) is 0 Å². The molecule has 0 aromatic carbocycles. The fourth-order valence-electron chi connectivity index (χ4n) is 2.11. The molecule has 4 heteroatoms. The van der Waals surface area contributed by atoms with Crippen molar-refractivity contribution in [2.24, 2.45) is 0 Å². The third-order valence-electron chi connectivity index (χ3n) is 3.57. The second-order valence-electron chi connectivity index (χ2n) is 4.62. The van der Waals surface area contributed by atoms with Crippen molar-refractivity contribution >= 4 is 0 Å². The quantitative estimate of drug-likeness (QED) is 0.454. The zero-order valence-electron chi connectivity index (χ0n) is 14.1. The molecule has 2 atom stereocenters. The van der Waals surface area contributed by atoms with Gasteiger partial charge in [0.2, 0.25) is 0 Å². The van der Waals surface area contributed by atoms with Gasteiger partial charge in [-0.25, -0.2) is 0 Å². The van der Waals surface area contributed by atoms with Crippen molar-refractivity contribution in [2.45, 2.75) is 54.0 Å². The first-order valence-electron chi connectivity index (χ1n) is 7.77. The van der Waals surface area contributed by atoms with Gasteiger partial charge in [0.1, 0.15) is 25.7 Å². The topological polar surface area (TPSA) is 24.9 Å². The van der Waals surface area contributed by atoms with Gasteiger partial charge in [0.15, 0.2) is 0 Å². The Kier molecular flexibility index (Phi) is 11.8. The molecule has 0 heterocycles. The molecule has 0 saturated carbocycles. The monoisotopic (exact) mass is 284 g/mol. The van der Waals surface area contributed by atoms with Crippen molar-refractivity contribution in [2.75, 3.05) is 39.4 Å². The summed E-state index contributed by atoms with van der Waals surface area (Å²) in [6, 6.07) is 0. The standard InChI is InChI=1S/C16H32N2O2/c1-7-17(8-2)15(5)19-13-11-12-14-20-16(6)18(9-3)10-4/h15-16H,7-10,13-14H2,1-6H3. The maximum absolute atomic E-state index is 5.67. The second kappa shape index (κ2) is 12.2. The van der Waals surface area contributed by atoms with Gasteiger partial charge in [-0.2, -0.15) is 0 Å². The number of rotatable bonds is 10. The van der Waals surface area contributed by atoms with Gasteiger partial charge in [-0.1, -0.05) is 39.5 Å². The first-order valence-corrected chi connectivity index (χ1v) is 7.77. The molecular weight excluding hydrogens is 252 g/mol. The largest absolute Gasteiger partial charge is 0.351 e. The average molecular weight is 284 g/mol. The average Bonchev–Trinajstić information content (AvgIpc) is 2.45. The lowest BCUT2D eigenvalue weighted by Gasteiger charge is -2.25. The van der Waals surface area contributed by atoms with E-state index in [9.17, 15) is 0 Å². The predicted octanol–water partition coefficient (Wildman–Crippen LogP) is 2.40. The van der Waals surface area contributed by atoms with Crippen LogP contribution in [0.1, 0.15) is 41.5 Å². The van der Waals surface area contributed by atoms with Crippen LogP contribution < -0.4 is 0 Å². The van der Waals surface area contributed by atoms with E-state index in [-0.39, 0.29) is 12.5 Å². The second-order valence-corrected chi connectivity index (χ2v) is 4.62. The van der Waals surface area contributed by atoms with E-state index in [4.69, 9.17) is 9.47 Å². The van der Waals surface area contributed by atoms with Gasteiger partial charge in [0, 0.05) is 0 Å². The molecule has 0 rings (SSSR count). The SMILES string of the molecule is CCN(CC)C(C)OCC#CCOC(C)N(CC)CC. The lowest BCUT2D eigenvalue weighted by atomic mass is 10.4. The van der Waals surface area contributed by atoms with Crippen LogP contribution in [0, 0.1) is 11.8 Å². The summed E-state index contributed by atoms with van der Waals surface area (Å²) in [5, 5.41) is 0. The van der Waals surface area contributed by atoms with E-state index in [1.54, 1.807) is 0 Å². The molecular formula is C16H32N2O2. The number of hydrogen-bond acceptors (Lipinski definition) is 4. The third-order valence-corrected chi connectivity index (χ3v) is 3.57. The summed E-state index contributed by atoms with van der Waals surface area (Å²) < 4.78 is 11.3. The van der Waals surface area contributed by atoms with Crippen LogP contribution in [0.5, 0.6) is 0 Å². The summed E-state index contributed by atoms with van der Waals surface area (Å²) in [6.45, 7) is 17.6. The molecule has 0 aliphatic heterocycles. The van der Waals surface area contributed by atoms with Crippen molar-refractivity contribution in [3.8, 4) is 11.8 Å². The van der Waals surface area contributed by atoms with Crippen LogP contribution in [-0.4, -0.2) is 61.6 Å². The highest BCUT2D eigenvalue weighted by molar-refractivity contribution is 4.99. The Morgan fingerprint density at radius 3 is 1.25 bits per heavy atom. The molecule has 0 radical (unpaired) electrons. The van der Waals surface area contributed by atoms with Crippen molar-refractivity contribution in [1.82, 2.24) is 9.80 Å². The van der Waals surface area contributed by atoms with Crippen LogP contribution in [-0.2, 0) is 9.47 Å². The maximum atomic E-state index is 5.67. The highest BCUT2D eigenvalue weighted by Gasteiger charge is 2.09. The Morgan fingerprint density at radius 2 is 1.00 bits per heavy atom.